The van der Waals surface area contributed by atoms with Gasteiger partial charge in [0, 0.05) is 45.1 Å². The number of Topliss-reactive ketones (excluding diaryl/α,β-unsaturated/α-hetero) is 1. The summed E-state index contributed by atoms with van der Waals surface area (Å²) < 4.78 is 51.1. The van der Waals surface area contributed by atoms with Gasteiger partial charge >= 0.3 is 5.97 Å². The van der Waals surface area contributed by atoms with Gasteiger partial charge in [-0.25, -0.2) is 0 Å². The number of ketones is 1. The maximum absolute atomic E-state index is 14.4. The largest absolute Gasteiger partial charge is 0.488 e. The maximum atomic E-state index is 14.4. The smallest absolute Gasteiger partial charge is 0.311 e. The molecule has 0 spiro atoms. The average molecular weight is 756 g/mol. The van der Waals surface area contributed by atoms with E-state index in [9.17, 15) is 19.8 Å². The Balaban J connectivity index is 1.86. The monoisotopic (exact) mass is 755 g/mol. The number of allylic oxidation sites excluding steroid dienone is 1. The van der Waals surface area contributed by atoms with Crippen LogP contribution < -0.4 is 0 Å². The minimum atomic E-state index is -1.48. The lowest BCUT2D eigenvalue weighted by molar-refractivity contribution is -0.317. The van der Waals surface area contributed by atoms with Crippen LogP contribution >= 0.6 is 0 Å². The van der Waals surface area contributed by atoms with Crippen LogP contribution in [0.25, 0.3) is 0 Å². The molecule has 4 heterocycles. The van der Waals surface area contributed by atoms with Gasteiger partial charge in [0.05, 0.1) is 35.7 Å². The van der Waals surface area contributed by atoms with Gasteiger partial charge in [-0.15, -0.1) is 0 Å². The van der Waals surface area contributed by atoms with Crippen LogP contribution in [-0.2, 0) is 47.5 Å². The predicted molar refractivity (Wildman–Crippen MR) is 197 cm³/mol. The Morgan fingerprint density at radius 3 is 2.19 bits per heavy atom. The van der Waals surface area contributed by atoms with Crippen LogP contribution in [0.1, 0.15) is 109 Å². The molecule has 3 saturated heterocycles. The van der Waals surface area contributed by atoms with Crippen LogP contribution in [0, 0.1) is 17.8 Å². The summed E-state index contributed by atoms with van der Waals surface area (Å²) in [6, 6.07) is -0.0782. The molecule has 0 radical (unpaired) electrons. The molecule has 0 amide bonds. The van der Waals surface area contributed by atoms with E-state index in [1.165, 1.54) is 14.2 Å². The number of nitrogens with zero attached hydrogens (tertiary/aromatic N) is 1. The Morgan fingerprint density at radius 2 is 1.62 bits per heavy atom. The molecule has 53 heavy (non-hydrogen) atoms. The van der Waals surface area contributed by atoms with Crippen LogP contribution in [0.15, 0.2) is 11.3 Å². The van der Waals surface area contributed by atoms with E-state index in [-0.39, 0.29) is 30.4 Å². The number of aliphatic hydroxyl groups excluding tert-OH is 2. The molecule has 2 N–H and O–H groups in total. The fourth-order valence-electron chi connectivity index (χ4n) is 9.05. The molecule has 3 fully saturated rings. The van der Waals surface area contributed by atoms with E-state index in [2.05, 4.69) is 18.7 Å². The normalized spacial score (nSPS) is 46.1. The summed E-state index contributed by atoms with van der Waals surface area (Å²) in [5, 5.41) is 22.8. The minimum absolute atomic E-state index is 0.164. The maximum Gasteiger partial charge on any atom is 0.311 e. The van der Waals surface area contributed by atoms with Crippen molar-refractivity contribution < 1.29 is 57.7 Å². The fraction of sp³-hybridized carbons (Fsp3) is 0.900. The highest BCUT2D eigenvalue weighted by molar-refractivity contribution is 5.92. The number of aliphatic hydroxyl groups is 2. The first kappa shape index (κ1) is 44.0. The lowest BCUT2D eigenvalue weighted by Crippen LogP contribution is -2.61. The van der Waals surface area contributed by atoms with E-state index in [0.717, 1.165) is 5.57 Å². The third kappa shape index (κ3) is 8.54. The van der Waals surface area contributed by atoms with E-state index < -0.39 is 89.7 Å². The van der Waals surface area contributed by atoms with E-state index >= 15 is 0 Å². The fourth-order valence-corrected chi connectivity index (χ4v) is 9.05. The van der Waals surface area contributed by atoms with Gasteiger partial charge in [-0.05, 0) is 94.7 Å². The Morgan fingerprint density at radius 1 is 0.981 bits per heavy atom. The first-order valence-electron chi connectivity index (χ1n) is 19.5. The highest BCUT2D eigenvalue weighted by atomic mass is 16.7. The molecule has 4 aliphatic rings. The highest BCUT2D eigenvalue weighted by Gasteiger charge is 2.56. The molecule has 0 unspecified atom stereocenters. The summed E-state index contributed by atoms with van der Waals surface area (Å²) >= 11 is 0. The number of carbonyl (C=O) groups excluding carboxylic acids is 2. The molecule has 0 aromatic heterocycles. The number of hydrogen-bond donors (Lipinski definition) is 2. The van der Waals surface area contributed by atoms with Crippen molar-refractivity contribution in [3.05, 3.63) is 11.3 Å². The summed E-state index contributed by atoms with van der Waals surface area (Å²) in [4.78, 5) is 30.8. The molecule has 0 aromatic rings. The Hall–Kier alpha value is -1.68. The molecule has 0 aromatic carbocycles. The zero-order valence-electron chi connectivity index (χ0n) is 34.8. The van der Waals surface area contributed by atoms with E-state index in [1.807, 2.05) is 41.7 Å². The van der Waals surface area contributed by atoms with Gasteiger partial charge in [-0.3, -0.25) is 14.5 Å². The Bertz CT molecular complexity index is 1330. The topological polar surface area (TPSA) is 152 Å². The number of fused-ring (bicyclic) bond motifs is 2. The number of carbonyl (C=O) groups is 2. The lowest BCUT2D eigenvalue weighted by Gasteiger charge is -2.49. The molecule has 0 aliphatic carbocycles. The number of hydrogen-bond acceptors (Lipinski definition) is 13. The van der Waals surface area contributed by atoms with Gasteiger partial charge in [-0.2, -0.15) is 0 Å². The van der Waals surface area contributed by atoms with Crippen LogP contribution in [-0.4, -0.2) is 132 Å². The number of cyclic esters (lactones) is 1. The Kier molecular flexibility index (Phi) is 14.0. The van der Waals surface area contributed by atoms with Gasteiger partial charge in [0.15, 0.2) is 24.0 Å². The molecule has 4 rings (SSSR count). The Labute approximate surface area is 317 Å². The zero-order chi connectivity index (χ0) is 40.0. The predicted octanol–water partition coefficient (Wildman–Crippen LogP) is 4.53. The van der Waals surface area contributed by atoms with Gasteiger partial charge in [0.1, 0.15) is 35.8 Å². The van der Waals surface area contributed by atoms with Crippen molar-refractivity contribution in [2.24, 2.45) is 17.8 Å². The zero-order valence-corrected chi connectivity index (χ0v) is 34.8. The second-order valence-corrected chi connectivity index (χ2v) is 17.1. The third-order valence-electron chi connectivity index (χ3n) is 12.8. The second-order valence-electron chi connectivity index (χ2n) is 17.1. The summed E-state index contributed by atoms with van der Waals surface area (Å²) in [5.74, 6) is -2.59. The van der Waals surface area contributed by atoms with Crippen molar-refractivity contribution in [1.29, 1.82) is 0 Å². The molecule has 13 heteroatoms. The van der Waals surface area contributed by atoms with Crippen molar-refractivity contribution in [2.45, 2.75) is 193 Å². The molecule has 4 aliphatic heterocycles. The standard InChI is InChI=1S/C40H69NO12/c1-16-28-40(12,47-15)33(43)23(6)31-21(4)18-39(11,53-31)35(52-37-30(42)27(17-22(5)48-37)41(13)20(2)3)24(7)32(25(8)36(45)50-28)51-29-19-38(10,46-14)34(44)26(9)49-29/h20,22-30,32,34-35,37,42,44H,16-19H2,1-15H3/t22-,23-,24+,25-,26+,27+,28+,29+,30-,32+,34+,35-,37+,38-,39-,40-/m1/s1. The second kappa shape index (κ2) is 16.8. The number of likely N-dealkylation sites (N-methyl/N-ethyl adjacent to an activating group) is 1. The van der Waals surface area contributed by atoms with Gasteiger partial charge in [0.2, 0.25) is 0 Å². The molecule has 2 bridgehead atoms. The van der Waals surface area contributed by atoms with Crippen molar-refractivity contribution in [2.75, 3.05) is 21.3 Å². The molecular weight excluding hydrogens is 686 g/mol. The van der Waals surface area contributed by atoms with E-state index in [4.69, 9.17) is 37.9 Å². The van der Waals surface area contributed by atoms with Gasteiger partial charge in [0.25, 0.3) is 0 Å². The summed E-state index contributed by atoms with van der Waals surface area (Å²) in [7, 11) is 4.97. The van der Waals surface area contributed by atoms with Crippen molar-refractivity contribution in [1.82, 2.24) is 4.90 Å². The molecular formula is C40H69NO12. The van der Waals surface area contributed by atoms with Crippen LogP contribution in [0.5, 0.6) is 0 Å². The summed E-state index contributed by atoms with van der Waals surface area (Å²) in [5.41, 5.74) is -2.66. The lowest BCUT2D eigenvalue weighted by atomic mass is 9.79. The number of esters is 1. The van der Waals surface area contributed by atoms with Crippen molar-refractivity contribution in [3.8, 4) is 0 Å². The number of methoxy groups -OCH3 is 2. The van der Waals surface area contributed by atoms with Crippen molar-refractivity contribution >= 4 is 11.8 Å². The van der Waals surface area contributed by atoms with Crippen LogP contribution in [0.4, 0.5) is 0 Å². The summed E-state index contributed by atoms with van der Waals surface area (Å²) in [6.45, 7) is 22.5. The first-order chi connectivity index (χ1) is 24.6. The van der Waals surface area contributed by atoms with Crippen molar-refractivity contribution in [3.63, 3.8) is 0 Å². The quantitative estimate of drug-likeness (QED) is 0.318. The van der Waals surface area contributed by atoms with Gasteiger partial charge < -0.3 is 48.1 Å². The average Bonchev–Trinajstić information content (AvgIpc) is 3.43. The van der Waals surface area contributed by atoms with Crippen LogP contribution in [0.3, 0.4) is 0 Å². The first-order valence-corrected chi connectivity index (χ1v) is 19.5. The van der Waals surface area contributed by atoms with E-state index in [0.29, 0.717) is 25.0 Å². The highest BCUT2D eigenvalue weighted by Crippen LogP contribution is 2.47. The number of ether oxygens (including phenoxy) is 8. The molecule has 16 atom stereocenters. The molecule has 13 nitrogen and oxygen atoms in total. The SMILES string of the molecule is CC[C@@H]1OC(=O)[C@H](C)[C@@H](O[C@H]2C[C@@](C)(OC)[C@@H](O)[C@H](C)O2)[C@H](C)[C@@H](O[C@@H]2O[C@H](C)C[C@H](N(C)C(C)C)[C@H]2O)[C@@]2(C)CC(C)=C(O2)[C@@H](C)C(=O)[C@]1(C)OC. The molecule has 306 valence electrons. The molecule has 0 saturated carbocycles. The van der Waals surface area contributed by atoms with E-state index in [1.54, 1.807) is 34.6 Å². The van der Waals surface area contributed by atoms with Crippen LogP contribution in [0.2, 0.25) is 0 Å². The number of rotatable bonds is 9. The third-order valence-corrected chi connectivity index (χ3v) is 12.8. The minimum Gasteiger partial charge on any atom is -0.488 e. The van der Waals surface area contributed by atoms with Gasteiger partial charge in [-0.1, -0.05) is 13.8 Å². The summed E-state index contributed by atoms with van der Waals surface area (Å²) in [6.07, 6.45) is -5.84.